The molecule has 7 heteroatoms. The van der Waals surface area contributed by atoms with Crippen LogP contribution in [0.2, 0.25) is 0 Å². The van der Waals surface area contributed by atoms with Crippen LogP contribution in [-0.4, -0.2) is 36.6 Å². The van der Waals surface area contributed by atoms with Crippen molar-refractivity contribution in [2.45, 2.75) is 59.7 Å². The van der Waals surface area contributed by atoms with Gasteiger partial charge >= 0.3 is 5.97 Å². The summed E-state index contributed by atoms with van der Waals surface area (Å²) in [6.07, 6.45) is 0.480. The number of carbonyl (C=O) groups is 3. The van der Waals surface area contributed by atoms with Crippen LogP contribution in [0.5, 0.6) is 11.5 Å². The van der Waals surface area contributed by atoms with Crippen molar-refractivity contribution < 1.29 is 28.6 Å². The van der Waals surface area contributed by atoms with Gasteiger partial charge in [0.05, 0.1) is 42.0 Å². The number of anilines is 1. The molecule has 0 aliphatic carbocycles. The van der Waals surface area contributed by atoms with Gasteiger partial charge in [-0.2, -0.15) is 0 Å². The minimum atomic E-state index is -0.469. The molecule has 1 heterocycles. The minimum absolute atomic E-state index is 0.112. The molecule has 0 aromatic heterocycles. The van der Waals surface area contributed by atoms with Crippen molar-refractivity contribution in [3.63, 3.8) is 0 Å². The number of hydrogen-bond donors (Lipinski definition) is 0. The van der Waals surface area contributed by atoms with Crippen LogP contribution in [0.25, 0.3) is 10.8 Å². The fourth-order valence-corrected chi connectivity index (χ4v) is 4.24. The number of esters is 1. The number of imide groups is 1. The summed E-state index contributed by atoms with van der Waals surface area (Å²) in [4.78, 5) is 40.6. The summed E-state index contributed by atoms with van der Waals surface area (Å²) in [5.74, 6) is -0.493. The molecule has 3 aromatic rings. The van der Waals surface area contributed by atoms with E-state index in [1.807, 2.05) is 52.0 Å². The number of hydrogen-bond acceptors (Lipinski definition) is 6. The molecule has 188 valence electrons. The summed E-state index contributed by atoms with van der Waals surface area (Å²) in [5.41, 5.74) is 1.55. The fraction of sp³-hybridized carbons (Fsp3) is 0.345. The summed E-state index contributed by atoms with van der Waals surface area (Å²) in [6.45, 7) is 9.75. The van der Waals surface area contributed by atoms with Crippen molar-refractivity contribution in [2.24, 2.45) is 0 Å². The lowest BCUT2D eigenvalue weighted by Gasteiger charge is -2.20. The van der Waals surface area contributed by atoms with Crippen molar-refractivity contribution in [1.82, 2.24) is 0 Å². The van der Waals surface area contributed by atoms with Gasteiger partial charge in [-0.25, -0.2) is 4.90 Å². The van der Waals surface area contributed by atoms with Gasteiger partial charge < -0.3 is 14.2 Å². The third kappa shape index (κ3) is 4.65. The van der Waals surface area contributed by atoms with E-state index in [2.05, 4.69) is 0 Å². The molecule has 0 radical (unpaired) electrons. The minimum Gasteiger partial charge on any atom is -0.489 e. The van der Waals surface area contributed by atoms with Crippen molar-refractivity contribution in [1.29, 1.82) is 0 Å². The first-order chi connectivity index (χ1) is 17.3. The lowest BCUT2D eigenvalue weighted by Crippen LogP contribution is -2.29. The van der Waals surface area contributed by atoms with Crippen LogP contribution in [0.4, 0.5) is 5.69 Å². The quantitative estimate of drug-likeness (QED) is 0.283. The summed E-state index contributed by atoms with van der Waals surface area (Å²) in [6, 6.07) is 14.3. The predicted octanol–water partition coefficient (Wildman–Crippen LogP) is 5.71. The molecule has 1 atom stereocenters. The molecule has 0 saturated carbocycles. The van der Waals surface area contributed by atoms with Gasteiger partial charge in [0.25, 0.3) is 11.8 Å². The molecule has 1 unspecified atom stereocenters. The molecular formula is C29H31NO6. The van der Waals surface area contributed by atoms with E-state index in [0.717, 1.165) is 27.7 Å². The lowest BCUT2D eigenvalue weighted by molar-refractivity contribution is -0.142. The molecule has 0 bridgehead atoms. The predicted molar refractivity (Wildman–Crippen MR) is 138 cm³/mol. The number of benzene rings is 3. The Morgan fingerprint density at radius 3 is 1.89 bits per heavy atom. The van der Waals surface area contributed by atoms with E-state index in [4.69, 9.17) is 14.2 Å². The van der Waals surface area contributed by atoms with Gasteiger partial charge in [-0.3, -0.25) is 14.4 Å². The first-order valence-electron chi connectivity index (χ1n) is 12.3. The largest absolute Gasteiger partial charge is 0.489 e. The summed E-state index contributed by atoms with van der Waals surface area (Å²) in [7, 11) is 0. The van der Waals surface area contributed by atoms with E-state index < -0.39 is 11.8 Å². The van der Waals surface area contributed by atoms with Gasteiger partial charge in [0, 0.05) is 10.8 Å². The average Bonchev–Trinajstić information content (AvgIpc) is 3.11. The van der Waals surface area contributed by atoms with Crippen LogP contribution in [0.3, 0.4) is 0 Å². The normalized spacial score (nSPS) is 13.8. The number of ether oxygens (including phenoxy) is 3. The summed E-state index contributed by atoms with van der Waals surface area (Å²) >= 11 is 0. The molecule has 2 amide bonds. The molecule has 4 rings (SSSR count). The Morgan fingerprint density at radius 1 is 0.833 bits per heavy atom. The SMILES string of the molecule is CCOC(=O)Cc1ccc(N2C(=O)c3c(c(OC(C)CC)c4ccccc4c3OC(C)C)C2=O)cc1. The zero-order chi connectivity index (χ0) is 26.0. The first kappa shape index (κ1) is 25.2. The average molecular weight is 490 g/mol. The highest BCUT2D eigenvalue weighted by Gasteiger charge is 2.44. The van der Waals surface area contributed by atoms with Gasteiger partial charge in [0.2, 0.25) is 0 Å². The maximum atomic E-state index is 13.8. The Kier molecular flexibility index (Phi) is 7.29. The number of amides is 2. The van der Waals surface area contributed by atoms with Gasteiger partial charge in [-0.05, 0) is 51.8 Å². The highest BCUT2D eigenvalue weighted by Crippen LogP contribution is 2.46. The van der Waals surface area contributed by atoms with E-state index in [1.165, 1.54) is 0 Å². The van der Waals surface area contributed by atoms with E-state index in [1.54, 1.807) is 31.2 Å². The van der Waals surface area contributed by atoms with Crippen LogP contribution >= 0.6 is 0 Å². The second-order valence-electron chi connectivity index (χ2n) is 9.05. The second-order valence-corrected chi connectivity index (χ2v) is 9.05. The molecular weight excluding hydrogens is 458 g/mol. The first-order valence-corrected chi connectivity index (χ1v) is 12.3. The summed E-state index contributed by atoms with van der Waals surface area (Å²) < 4.78 is 17.4. The van der Waals surface area contributed by atoms with Crippen molar-refractivity contribution >= 4 is 34.2 Å². The van der Waals surface area contributed by atoms with Gasteiger partial charge in [0.1, 0.15) is 11.5 Å². The monoisotopic (exact) mass is 489 g/mol. The van der Waals surface area contributed by atoms with Gasteiger partial charge in [-0.1, -0.05) is 43.3 Å². The summed E-state index contributed by atoms with van der Waals surface area (Å²) in [5, 5.41) is 1.44. The zero-order valence-corrected chi connectivity index (χ0v) is 21.3. The van der Waals surface area contributed by atoms with E-state index in [-0.39, 0.29) is 35.7 Å². The second kappa shape index (κ2) is 10.4. The van der Waals surface area contributed by atoms with Crippen LogP contribution in [0.15, 0.2) is 48.5 Å². The Morgan fingerprint density at radius 2 is 1.39 bits per heavy atom. The maximum absolute atomic E-state index is 13.8. The maximum Gasteiger partial charge on any atom is 0.310 e. The molecule has 1 aliphatic rings. The van der Waals surface area contributed by atoms with Gasteiger partial charge in [-0.15, -0.1) is 0 Å². The van der Waals surface area contributed by atoms with Crippen LogP contribution in [-0.2, 0) is 16.0 Å². The number of rotatable bonds is 9. The number of nitrogens with zero attached hydrogens (tertiary/aromatic N) is 1. The smallest absolute Gasteiger partial charge is 0.310 e. The molecule has 0 N–H and O–H groups in total. The topological polar surface area (TPSA) is 82.1 Å². The highest BCUT2D eigenvalue weighted by atomic mass is 16.5. The number of fused-ring (bicyclic) bond motifs is 2. The van der Waals surface area contributed by atoms with Gasteiger partial charge in [0.15, 0.2) is 0 Å². The Balaban J connectivity index is 1.84. The third-order valence-corrected chi connectivity index (χ3v) is 6.05. The molecule has 36 heavy (non-hydrogen) atoms. The van der Waals surface area contributed by atoms with Crippen molar-refractivity contribution in [3.8, 4) is 11.5 Å². The van der Waals surface area contributed by atoms with Crippen LogP contribution in [0.1, 0.15) is 67.3 Å². The Hall–Kier alpha value is -3.87. The fourth-order valence-electron chi connectivity index (χ4n) is 4.24. The van der Waals surface area contributed by atoms with E-state index in [0.29, 0.717) is 23.8 Å². The van der Waals surface area contributed by atoms with Crippen molar-refractivity contribution in [2.75, 3.05) is 11.5 Å². The molecule has 1 aliphatic heterocycles. The Labute approximate surface area is 210 Å². The molecule has 0 spiro atoms. The van der Waals surface area contributed by atoms with Crippen LogP contribution < -0.4 is 14.4 Å². The molecule has 0 saturated heterocycles. The molecule has 7 nitrogen and oxygen atoms in total. The van der Waals surface area contributed by atoms with E-state index >= 15 is 0 Å². The number of carbonyl (C=O) groups excluding carboxylic acids is 3. The third-order valence-electron chi connectivity index (χ3n) is 6.05. The molecule has 0 fully saturated rings. The lowest BCUT2D eigenvalue weighted by atomic mass is 9.98. The highest BCUT2D eigenvalue weighted by molar-refractivity contribution is 6.38. The van der Waals surface area contributed by atoms with Crippen molar-refractivity contribution in [3.05, 3.63) is 65.2 Å². The Bertz CT molecular complexity index is 1310. The zero-order valence-electron chi connectivity index (χ0n) is 21.3. The molecule has 3 aromatic carbocycles. The standard InChI is InChI=1S/C29H31NO6/c1-6-18(5)36-27-22-11-9-8-10-21(22)26(35-17(3)4)24-25(27)29(33)30(28(24)32)20-14-12-19(13-15-20)16-23(31)34-7-2/h8-15,17-18H,6-7,16H2,1-5H3. The van der Waals surface area contributed by atoms with Crippen LogP contribution in [0, 0.1) is 0 Å². The van der Waals surface area contributed by atoms with E-state index in [9.17, 15) is 14.4 Å².